The minimum absolute atomic E-state index is 0.0645. The van der Waals surface area contributed by atoms with Crippen molar-refractivity contribution in [3.63, 3.8) is 0 Å². The van der Waals surface area contributed by atoms with Gasteiger partial charge in [-0.25, -0.2) is 9.59 Å². The SMILES string of the molecule is CC(C)COC1=CC(c2ccccc2)C=CC1(NCCN(C[C@H](O)c1cccc(Cl)c1)C(=O)OC(C)(C)C)C(=O)O. The number of nitrogens with zero attached hydrogens (tertiary/aromatic N) is 1. The Morgan fingerprint density at radius 1 is 1.12 bits per heavy atom. The third kappa shape index (κ3) is 9.08. The van der Waals surface area contributed by atoms with E-state index in [0.29, 0.717) is 17.2 Å². The molecule has 3 rings (SSSR count). The molecule has 9 heteroatoms. The number of carbonyl (C=O) groups excluding carboxylic acids is 1. The van der Waals surface area contributed by atoms with Gasteiger partial charge in [-0.15, -0.1) is 0 Å². The number of benzene rings is 2. The topological polar surface area (TPSA) is 108 Å². The third-order valence-corrected chi connectivity index (χ3v) is 6.67. The summed E-state index contributed by atoms with van der Waals surface area (Å²) in [6, 6.07) is 16.5. The van der Waals surface area contributed by atoms with Gasteiger partial charge in [-0.05, 0) is 62.1 Å². The lowest BCUT2D eigenvalue weighted by Crippen LogP contribution is -2.56. The molecule has 1 aliphatic rings. The van der Waals surface area contributed by atoms with Crippen LogP contribution in [0.2, 0.25) is 5.02 Å². The zero-order chi connectivity index (χ0) is 30.2. The van der Waals surface area contributed by atoms with Crippen LogP contribution in [0.1, 0.15) is 57.8 Å². The fraction of sp³-hybridized carbons (Fsp3) is 0.438. The van der Waals surface area contributed by atoms with Crippen molar-refractivity contribution < 1.29 is 29.3 Å². The highest BCUT2D eigenvalue weighted by molar-refractivity contribution is 6.30. The highest BCUT2D eigenvalue weighted by Crippen LogP contribution is 2.33. The summed E-state index contributed by atoms with van der Waals surface area (Å²) in [5.74, 6) is -0.811. The molecule has 2 aromatic carbocycles. The average molecular weight is 585 g/mol. The summed E-state index contributed by atoms with van der Waals surface area (Å²) in [4.78, 5) is 27.2. The van der Waals surface area contributed by atoms with Gasteiger partial charge in [0, 0.05) is 24.0 Å². The van der Waals surface area contributed by atoms with Crippen molar-refractivity contribution >= 4 is 23.7 Å². The zero-order valence-corrected chi connectivity index (χ0v) is 25.1. The van der Waals surface area contributed by atoms with Gasteiger partial charge < -0.3 is 24.6 Å². The van der Waals surface area contributed by atoms with E-state index in [4.69, 9.17) is 21.1 Å². The van der Waals surface area contributed by atoms with Crippen LogP contribution in [-0.4, -0.2) is 64.6 Å². The van der Waals surface area contributed by atoms with Crippen molar-refractivity contribution in [3.05, 3.63) is 94.7 Å². The van der Waals surface area contributed by atoms with Gasteiger partial charge in [0.15, 0.2) is 5.54 Å². The van der Waals surface area contributed by atoms with Gasteiger partial charge in [0.05, 0.1) is 19.3 Å². The molecule has 0 fully saturated rings. The van der Waals surface area contributed by atoms with Crippen molar-refractivity contribution in [3.8, 4) is 0 Å². The second-order valence-corrected chi connectivity index (χ2v) is 12.0. The molecule has 3 N–H and O–H groups in total. The molecule has 222 valence electrons. The average Bonchev–Trinajstić information content (AvgIpc) is 2.91. The summed E-state index contributed by atoms with van der Waals surface area (Å²) >= 11 is 6.09. The number of aliphatic carboxylic acids is 1. The number of hydrogen-bond donors (Lipinski definition) is 3. The van der Waals surface area contributed by atoms with Gasteiger partial charge in [0.2, 0.25) is 0 Å². The molecule has 0 aromatic heterocycles. The van der Waals surface area contributed by atoms with Crippen LogP contribution < -0.4 is 5.32 Å². The summed E-state index contributed by atoms with van der Waals surface area (Å²) in [7, 11) is 0. The normalized spacial score (nSPS) is 19.4. The van der Waals surface area contributed by atoms with Crippen molar-refractivity contribution in [2.75, 3.05) is 26.2 Å². The number of aliphatic hydroxyl groups is 1. The quantitative estimate of drug-likeness (QED) is 0.265. The van der Waals surface area contributed by atoms with Gasteiger partial charge in [-0.1, -0.05) is 74.0 Å². The predicted molar refractivity (Wildman–Crippen MR) is 160 cm³/mol. The van der Waals surface area contributed by atoms with E-state index < -0.39 is 29.3 Å². The molecule has 0 saturated carbocycles. The molecule has 0 heterocycles. The van der Waals surface area contributed by atoms with Gasteiger partial charge in [-0.2, -0.15) is 0 Å². The number of amides is 1. The van der Waals surface area contributed by atoms with Gasteiger partial charge in [0.1, 0.15) is 11.4 Å². The molecule has 2 unspecified atom stereocenters. The Bertz CT molecular complexity index is 1240. The van der Waals surface area contributed by atoms with Crippen LogP contribution in [0.15, 0.2) is 78.6 Å². The van der Waals surface area contributed by atoms with Crippen molar-refractivity contribution in [1.29, 1.82) is 0 Å². The van der Waals surface area contributed by atoms with Crippen molar-refractivity contribution in [2.45, 2.75) is 57.8 Å². The number of carbonyl (C=O) groups is 2. The largest absolute Gasteiger partial charge is 0.495 e. The molecule has 0 spiro atoms. The fourth-order valence-electron chi connectivity index (χ4n) is 4.38. The van der Waals surface area contributed by atoms with Gasteiger partial charge in [-0.3, -0.25) is 5.32 Å². The molecule has 0 radical (unpaired) electrons. The molecular formula is C32H41ClN2O6. The van der Waals surface area contributed by atoms with E-state index in [1.165, 1.54) is 4.90 Å². The monoisotopic (exact) mass is 584 g/mol. The number of rotatable bonds is 12. The molecule has 0 bridgehead atoms. The number of ether oxygens (including phenoxy) is 2. The van der Waals surface area contributed by atoms with Crippen LogP contribution in [0.4, 0.5) is 4.79 Å². The Hall–Kier alpha value is -3.33. The lowest BCUT2D eigenvalue weighted by atomic mass is 9.84. The first kappa shape index (κ1) is 32.2. The maximum atomic E-state index is 13.1. The predicted octanol–water partition coefficient (Wildman–Crippen LogP) is 5.93. The third-order valence-electron chi connectivity index (χ3n) is 6.43. The summed E-state index contributed by atoms with van der Waals surface area (Å²) in [6.07, 6.45) is 3.63. The lowest BCUT2D eigenvalue weighted by molar-refractivity contribution is -0.143. The summed E-state index contributed by atoms with van der Waals surface area (Å²) in [6.45, 7) is 9.67. The Kier molecular flexibility index (Phi) is 11.0. The Morgan fingerprint density at radius 3 is 2.44 bits per heavy atom. The summed E-state index contributed by atoms with van der Waals surface area (Å²) in [5, 5.41) is 24.9. The number of carboxylic acid groups (broad SMARTS) is 1. The van der Waals surface area contributed by atoms with Crippen LogP contribution in [0.5, 0.6) is 0 Å². The number of aliphatic hydroxyl groups excluding tert-OH is 1. The standard InChI is InChI=1S/C32H41ClN2O6/c1-22(2)21-40-28-19-24(23-10-7-6-8-11-23)14-15-32(28,29(37)38)34-16-17-35(30(39)41-31(3,4)5)20-27(36)25-12-9-13-26(33)18-25/h6-15,18-19,22,24,27,34,36H,16-17,20-21H2,1-5H3,(H,37,38)/t24?,27-,32?/m0/s1. The van der Waals surface area contributed by atoms with Gasteiger partial charge in [0.25, 0.3) is 0 Å². The second-order valence-electron chi connectivity index (χ2n) is 11.6. The number of hydrogen-bond acceptors (Lipinski definition) is 6. The zero-order valence-electron chi connectivity index (χ0n) is 24.3. The number of allylic oxidation sites excluding steroid dienone is 2. The van der Waals surface area contributed by atoms with E-state index in [1.807, 2.05) is 56.3 Å². The molecule has 41 heavy (non-hydrogen) atoms. The molecule has 1 aliphatic carbocycles. The van der Waals surface area contributed by atoms with E-state index in [2.05, 4.69) is 5.32 Å². The van der Waals surface area contributed by atoms with E-state index in [1.54, 1.807) is 51.1 Å². The molecule has 0 saturated heterocycles. The lowest BCUT2D eigenvalue weighted by Gasteiger charge is -2.35. The van der Waals surface area contributed by atoms with Crippen LogP contribution in [0.3, 0.4) is 0 Å². The van der Waals surface area contributed by atoms with Crippen LogP contribution in [-0.2, 0) is 14.3 Å². The first-order chi connectivity index (χ1) is 19.3. The molecule has 2 aromatic rings. The maximum absolute atomic E-state index is 13.1. The molecule has 0 aliphatic heterocycles. The number of halogens is 1. The molecular weight excluding hydrogens is 544 g/mol. The smallest absolute Gasteiger partial charge is 0.410 e. The van der Waals surface area contributed by atoms with Crippen LogP contribution >= 0.6 is 11.6 Å². The first-order valence-electron chi connectivity index (χ1n) is 13.8. The summed E-state index contributed by atoms with van der Waals surface area (Å²) < 4.78 is 11.7. The molecule has 3 atom stereocenters. The highest BCUT2D eigenvalue weighted by atomic mass is 35.5. The van der Waals surface area contributed by atoms with E-state index >= 15 is 0 Å². The minimum Gasteiger partial charge on any atom is -0.495 e. The van der Waals surface area contributed by atoms with Crippen LogP contribution in [0.25, 0.3) is 0 Å². The molecule has 1 amide bonds. The van der Waals surface area contributed by atoms with E-state index in [-0.39, 0.29) is 37.2 Å². The Labute approximate surface area is 247 Å². The number of nitrogens with one attached hydrogen (secondary N) is 1. The maximum Gasteiger partial charge on any atom is 0.410 e. The summed E-state index contributed by atoms with van der Waals surface area (Å²) in [5.41, 5.74) is -0.828. The van der Waals surface area contributed by atoms with Crippen LogP contribution in [0, 0.1) is 5.92 Å². The van der Waals surface area contributed by atoms with E-state index in [0.717, 1.165) is 5.56 Å². The minimum atomic E-state index is -1.63. The van der Waals surface area contributed by atoms with Gasteiger partial charge >= 0.3 is 12.1 Å². The van der Waals surface area contributed by atoms with Crippen molar-refractivity contribution in [2.24, 2.45) is 5.92 Å². The Morgan fingerprint density at radius 2 is 1.83 bits per heavy atom. The first-order valence-corrected chi connectivity index (χ1v) is 14.2. The molecule has 8 nitrogen and oxygen atoms in total. The fourth-order valence-corrected chi connectivity index (χ4v) is 4.58. The highest BCUT2D eigenvalue weighted by Gasteiger charge is 2.44. The van der Waals surface area contributed by atoms with E-state index in [9.17, 15) is 19.8 Å². The Balaban J connectivity index is 1.83. The number of carboxylic acids is 1. The second kappa shape index (κ2) is 14.0. The van der Waals surface area contributed by atoms with Crippen molar-refractivity contribution in [1.82, 2.24) is 10.2 Å².